The highest BCUT2D eigenvalue weighted by Crippen LogP contribution is 2.24. The second-order valence-electron chi connectivity index (χ2n) is 5.94. The van der Waals surface area contributed by atoms with Crippen molar-refractivity contribution in [1.82, 2.24) is 20.4 Å². The molecule has 29 heavy (non-hydrogen) atoms. The summed E-state index contributed by atoms with van der Waals surface area (Å²) < 4.78 is 19.5. The summed E-state index contributed by atoms with van der Waals surface area (Å²) >= 11 is 6.33. The summed E-state index contributed by atoms with van der Waals surface area (Å²) in [5.41, 5.74) is 1.55. The topological polar surface area (TPSA) is 102 Å². The van der Waals surface area contributed by atoms with E-state index in [1.807, 2.05) is 0 Å². The average molecular weight is 423 g/mol. The summed E-state index contributed by atoms with van der Waals surface area (Å²) in [7, 11) is 0. The number of amides is 3. The highest BCUT2D eigenvalue weighted by molar-refractivity contribution is 6.31. The van der Waals surface area contributed by atoms with Crippen LogP contribution in [0.3, 0.4) is 0 Å². The zero-order valence-electron chi connectivity index (χ0n) is 16.0. The van der Waals surface area contributed by atoms with E-state index in [0.717, 1.165) is 6.08 Å². The number of nitrogens with one attached hydrogen (secondary N) is 2. The van der Waals surface area contributed by atoms with Gasteiger partial charge < -0.3 is 10.1 Å². The minimum absolute atomic E-state index is 0.222. The van der Waals surface area contributed by atoms with E-state index in [-0.39, 0.29) is 11.0 Å². The van der Waals surface area contributed by atoms with Gasteiger partial charge in [0, 0.05) is 18.2 Å². The maximum absolute atomic E-state index is 13.1. The fourth-order valence-electron chi connectivity index (χ4n) is 2.29. The Balaban J connectivity index is 2.05. The maximum atomic E-state index is 13.1. The van der Waals surface area contributed by atoms with Crippen molar-refractivity contribution >= 4 is 35.6 Å². The molecule has 0 spiro atoms. The first-order valence-electron chi connectivity index (χ1n) is 8.71. The number of hydrogen-bond donors (Lipinski definition) is 2. The molecule has 1 aromatic heterocycles. The first kappa shape index (κ1) is 22.1. The largest absolute Gasteiger partial charge is 0.449 e. The van der Waals surface area contributed by atoms with Crippen LogP contribution in [0.1, 0.15) is 25.1 Å². The first-order chi connectivity index (χ1) is 13.7. The number of halogens is 2. The van der Waals surface area contributed by atoms with Crippen LogP contribution >= 0.6 is 11.6 Å². The lowest BCUT2D eigenvalue weighted by Crippen LogP contribution is -2.44. The minimum Gasteiger partial charge on any atom is -0.449 e. The van der Waals surface area contributed by atoms with E-state index in [9.17, 15) is 18.8 Å². The molecule has 0 saturated heterocycles. The minimum atomic E-state index is -1.17. The zero-order valence-corrected chi connectivity index (χ0v) is 16.8. The van der Waals surface area contributed by atoms with Gasteiger partial charge in [0.05, 0.1) is 11.4 Å². The Morgan fingerprint density at radius 1 is 1.31 bits per heavy atom. The van der Waals surface area contributed by atoms with Gasteiger partial charge in [-0.3, -0.25) is 10.1 Å². The lowest BCUT2D eigenvalue weighted by molar-refractivity contribution is -0.149. The molecule has 0 bridgehead atoms. The Bertz CT molecular complexity index is 940. The molecule has 1 unspecified atom stereocenters. The van der Waals surface area contributed by atoms with Gasteiger partial charge in [-0.05, 0) is 51.1 Å². The monoisotopic (exact) mass is 422 g/mol. The van der Waals surface area contributed by atoms with E-state index in [1.165, 1.54) is 41.9 Å². The van der Waals surface area contributed by atoms with Crippen molar-refractivity contribution in [3.8, 4) is 5.69 Å². The summed E-state index contributed by atoms with van der Waals surface area (Å²) in [5.74, 6) is -1.94. The molecule has 2 aromatic rings. The molecule has 0 aliphatic heterocycles. The second-order valence-corrected chi connectivity index (χ2v) is 6.30. The van der Waals surface area contributed by atoms with Gasteiger partial charge in [-0.1, -0.05) is 11.6 Å². The molecule has 0 radical (unpaired) electrons. The van der Waals surface area contributed by atoms with Crippen LogP contribution < -0.4 is 10.6 Å². The number of imide groups is 1. The normalized spacial score (nSPS) is 11.9. The van der Waals surface area contributed by atoms with Gasteiger partial charge in [-0.15, -0.1) is 0 Å². The molecule has 1 atom stereocenters. The van der Waals surface area contributed by atoms with Crippen molar-refractivity contribution in [2.45, 2.75) is 26.9 Å². The predicted octanol–water partition coefficient (Wildman–Crippen LogP) is 2.76. The quantitative estimate of drug-likeness (QED) is 0.550. The number of carbonyl (C=O) groups excluding carboxylic acids is 3. The number of urea groups is 1. The van der Waals surface area contributed by atoms with Gasteiger partial charge in [-0.2, -0.15) is 5.10 Å². The summed E-state index contributed by atoms with van der Waals surface area (Å²) in [6.45, 7) is 5.08. The summed E-state index contributed by atoms with van der Waals surface area (Å²) in [6, 6.07) is 4.92. The van der Waals surface area contributed by atoms with Crippen LogP contribution in [0.5, 0.6) is 0 Å². The van der Waals surface area contributed by atoms with E-state index in [4.69, 9.17) is 16.3 Å². The smallest absolute Gasteiger partial charge is 0.331 e. The number of hydrogen-bond acceptors (Lipinski definition) is 5. The molecule has 10 heteroatoms. The summed E-state index contributed by atoms with van der Waals surface area (Å²) in [4.78, 5) is 35.1. The molecule has 2 rings (SSSR count). The molecule has 0 saturated carbocycles. The molecule has 0 aliphatic rings. The molecule has 154 valence electrons. The van der Waals surface area contributed by atoms with E-state index in [1.54, 1.807) is 13.8 Å². The second kappa shape index (κ2) is 9.83. The summed E-state index contributed by atoms with van der Waals surface area (Å²) in [6.07, 6.45) is 1.33. The van der Waals surface area contributed by atoms with E-state index in [0.29, 0.717) is 23.5 Å². The highest BCUT2D eigenvalue weighted by atomic mass is 35.5. The van der Waals surface area contributed by atoms with Crippen molar-refractivity contribution < 1.29 is 23.5 Å². The van der Waals surface area contributed by atoms with Crippen LogP contribution in [0, 0.1) is 12.7 Å². The number of ether oxygens (including phenoxy) is 1. The van der Waals surface area contributed by atoms with Crippen LogP contribution in [-0.4, -0.2) is 40.3 Å². The van der Waals surface area contributed by atoms with Crippen molar-refractivity contribution in [1.29, 1.82) is 0 Å². The van der Waals surface area contributed by atoms with E-state index >= 15 is 0 Å². The van der Waals surface area contributed by atoms with Gasteiger partial charge >= 0.3 is 12.0 Å². The number of esters is 1. The maximum Gasteiger partial charge on any atom is 0.331 e. The van der Waals surface area contributed by atoms with Gasteiger partial charge in [0.2, 0.25) is 0 Å². The lowest BCUT2D eigenvalue weighted by atomic mass is 10.2. The molecular weight excluding hydrogens is 403 g/mol. The third-order valence-corrected chi connectivity index (χ3v) is 4.11. The van der Waals surface area contributed by atoms with Crippen molar-refractivity contribution in [3.05, 3.63) is 52.6 Å². The standard InChI is InChI=1S/C19H20ClFN4O4/c1-4-22-19(28)23-18(27)12(3)29-16(26)10-9-15-11(2)24-25(17(15)20)14-7-5-13(21)6-8-14/h5-10,12H,4H2,1-3H3,(H2,22,23,27,28)/b10-9+. The number of nitrogens with zero attached hydrogens (tertiary/aromatic N) is 2. The Labute approximate surface area is 171 Å². The van der Waals surface area contributed by atoms with Crippen LogP contribution in [0.4, 0.5) is 9.18 Å². The van der Waals surface area contributed by atoms with Crippen molar-refractivity contribution in [3.63, 3.8) is 0 Å². The molecule has 8 nitrogen and oxygen atoms in total. The third kappa shape index (κ3) is 5.89. The molecule has 2 N–H and O–H groups in total. The van der Waals surface area contributed by atoms with E-state index in [2.05, 4.69) is 15.7 Å². The number of aromatic nitrogens is 2. The molecule has 1 aromatic carbocycles. The lowest BCUT2D eigenvalue weighted by Gasteiger charge is -2.11. The summed E-state index contributed by atoms with van der Waals surface area (Å²) in [5, 5.41) is 8.94. The molecule has 3 amide bonds. The first-order valence-corrected chi connectivity index (χ1v) is 9.09. The van der Waals surface area contributed by atoms with Crippen LogP contribution in [0.15, 0.2) is 30.3 Å². The van der Waals surface area contributed by atoms with Gasteiger partial charge in [0.15, 0.2) is 6.10 Å². The molecule has 1 heterocycles. The highest BCUT2D eigenvalue weighted by Gasteiger charge is 2.19. The number of aryl methyl sites for hydroxylation is 1. The number of rotatable bonds is 6. The van der Waals surface area contributed by atoms with Gasteiger partial charge in [0.25, 0.3) is 5.91 Å². The fourth-order valence-corrected chi connectivity index (χ4v) is 2.63. The molecule has 0 fully saturated rings. The van der Waals surface area contributed by atoms with Crippen LogP contribution in [0.2, 0.25) is 5.15 Å². The molecule has 0 aliphatic carbocycles. The van der Waals surface area contributed by atoms with Crippen molar-refractivity contribution in [2.75, 3.05) is 6.54 Å². The van der Waals surface area contributed by atoms with Crippen LogP contribution in [-0.2, 0) is 14.3 Å². The third-order valence-electron chi connectivity index (χ3n) is 3.74. The van der Waals surface area contributed by atoms with Gasteiger partial charge in [0.1, 0.15) is 11.0 Å². The van der Waals surface area contributed by atoms with Crippen molar-refractivity contribution in [2.24, 2.45) is 0 Å². The van der Waals surface area contributed by atoms with Crippen LogP contribution in [0.25, 0.3) is 11.8 Å². The Morgan fingerprint density at radius 3 is 2.59 bits per heavy atom. The van der Waals surface area contributed by atoms with Gasteiger partial charge in [-0.25, -0.2) is 18.7 Å². The Hall–Kier alpha value is -3.20. The SMILES string of the molecule is CCNC(=O)NC(=O)C(C)OC(=O)/C=C/c1c(C)nn(-c2ccc(F)cc2)c1Cl. The zero-order chi connectivity index (χ0) is 21.6. The Kier molecular flexibility index (Phi) is 7.49. The number of carbonyl (C=O) groups is 3. The van der Waals surface area contributed by atoms with E-state index < -0.39 is 24.0 Å². The fraction of sp³-hybridized carbons (Fsp3) is 0.263. The average Bonchev–Trinajstić information content (AvgIpc) is 2.94. The molecular formula is C19H20ClFN4O4. The number of benzene rings is 1. The predicted molar refractivity (Wildman–Crippen MR) is 105 cm³/mol. The Morgan fingerprint density at radius 2 is 1.97 bits per heavy atom.